The van der Waals surface area contributed by atoms with Crippen molar-refractivity contribution >= 4 is 17.1 Å². The maximum Gasteiger partial charge on any atom is 0.219 e. The molecular weight excluding hydrogens is 400 g/mol. The highest BCUT2D eigenvalue weighted by Crippen LogP contribution is 2.32. The lowest BCUT2D eigenvalue weighted by atomic mass is 10.00. The molecule has 0 saturated carbocycles. The number of benzene rings is 1. The number of hydrogen-bond donors (Lipinski definition) is 0. The third-order valence-corrected chi connectivity index (χ3v) is 6.00. The van der Waals surface area contributed by atoms with Gasteiger partial charge in [0.25, 0.3) is 0 Å². The smallest absolute Gasteiger partial charge is 0.219 e. The second kappa shape index (κ2) is 8.16. The highest BCUT2D eigenvalue weighted by Gasteiger charge is 2.19. The van der Waals surface area contributed by atoms with Crippen molar-refractivity contribution in [1.29, 1.82) is 5.26 Å². The number of fused-ring (bicyclic) bond motifs is 1. The van der Waals surface area contributed by atoms with Crippen molar-refractivity contribution in [2.24, 2.45) is 0 Å². The monoisotopic (exact) mass is 422 g/mol. The van der Waals surface area contributed by atoms with Gasteiger partial charge < -0.3 is 9.80 Å². The van der Waals surface area contributed by atoms with Crippen molar-refractivity contribution in [3.63, 3.8) is 0 Å². The quantitative estimate of drug-likeness (QED) is 0.504. The van der Waals surface area contributed by atoms with E-state index in [9.17, 15) is 10.1 Å². The maximum atomic E-state index is 11.6. The van der Waals surface area contributed by atoms with Gasteiger partial charge in [-0.3, -0.25) is 9.78 Å². The summed E-state index contributed by atoms with van der Waals surface area (Å²) in [6.07, 6.45) is 7.09. The Morgan fingerprint density at radius 1 is 1.00 bits per heavy atom. The van der Waals surface area contributed by atoms with Crippen molar-refractivity contribution in [1.82, 2.24) is 19.5 Å². The number of carbonyl (C=O) groups excluding carboxylic acids is 1. The number of aromatic nitrogens is 3. The molecule has 1 aliphatic rings. The third kappa shape index (κ3) is 3.56. The van der Waals surface area contributed by atoms with Crippen molar-refractivity contribution in [3.05, 3.63) is 72.8 Å². The number of anilines is 1. The van der Waals surface area contributed by atoms with E-state index < -0.39 is 0 Å². The van der Waals surface area contributed by atoms with E-state index >= 15 is 0 Å². The van der Waals surface area contributed by atoms with Gasteiger partial charge in [-0.15, -0.1) is 0 Å². The molecule has 4 aromatic rings. The van der Waals surface area contributed by atoms with Gasteiger partial charge in [0.15, 0.2) is 0 Å². The van der Waals surface area contributed by atoms with Crippen LogP contribution in [0.2, 0.25) is 0 Å². The fourth-order valence-corrected chi connectivity index (χ4v) is 4.25. The van der Waals surface area contributed by atoms with E-state index in [4.69, 9.17) is 0 Å². The molecule has 0 N–H and O–H groups in total. The number of pyridine rings is 2. The summed E-state index contributed by atoms with van der Waals surface area (Å²) in [4.78, 5) is 20.0. The normalized spacial score (nSPS) is 13.9. The van der Waals surface area contributed by atoms with Crippen LogP contribution in [0.1, 0.15) is 12.5 Å². The number of hydrogen-bond acceptors (Lipinski definition) is 5. The fraction of sp³-hybridized carbons (Fsp3) is 0.200. The van der Waals surface area contributed by atoms with E-state index in [-0.39, 0.29) is 5.91 Å². The van der Waals surface area contributed by atoms with E-state index in [0.717, 1.165) is 59.6 Å². The lowest BCUT2D eigenvalue weighted by Crippen LogP contribution is -2.48. The third-order valence-electron chi connectivity index (χ3n) is 6.00. The minimum Gasteiger partial charge on any atom is -0.368 e. The zero-order chi connectivity index (χ0) is 22.1. The average molecular weight is 422 g/mol. The zero-order valence-corrected chi connectivity index (χ0v) is 17.8. The van der Waals surface area contributed by atoms with Gasteiger partial charge in [0.2, 0.25) is 5.91 Å². The molecule has 1 saturated heterocycles. The van der Waals surface area contributed by atoms with Crippen LogP contribution in [0, 0.1) is 11.3 Å². The van der Waals surface area contributed by atoms with Crippen molar-refractivity contribution in [2.75, 3.05) is 31.1 Å². The number of nitrogens with zero attached hydrogens (tertiary/aromatic N) is 6. The molecule has 158 valence electrons. The molecule has 0 spiro atoms. The molecule has 7 heteroatoms. The molecule has 5 rings (SSSR count). The summed E-state index contributed by atoms with van der Waals surface area (Å²) >= 11 is 0. The van der Waals surface area contributed by atoms with E-state index in [1.165, 1.54) is 0 Å². The van der Waals surface area contributed by atoms with Crippen LogP contribution < -0.4 is 4.90 Å². The number of nitriles is 1. The Bertz CT molecular complexity index is 1310. The first kappa shape index (κ1) is 19.8. The van der Waals surface area contributed by atoms with E-state index in [1.807, 2.05) is 23.2 Å². The minimum atomic E-state index is 0.137. The molecule has 0 unspecified atom stereocenters. The molecule has 1 fully saturated rings. The first-order chi connectivity index (χ1) is 15.6. The Hall–Kier alpha value is -4.18. The van der Waals surface area contributed by atoms with Crippen molar-refractivity contribution < 1.29 is 4.79 Å². The number of carbonyl (C=O) groups is 1. The van der Waals surface area contributed by atoms with E-state index in [2.05, 4.69) is 51.4 Å². The van der Waals surface area contributed by atoms with Crippen LogP contribution in [0.4, 0.5) is 5.69 Å². The Balaban J connectivity index is 1.49. The Labute approximate surface area is 186 Å². The summed E-state index contributed by atoms with van der Waals surface area (Å²) in [5, 5.41) is 13.9. The molecule has 4 heterocycles. The maximum absolute atomic E-state index is 11.6. The molecular formula is C25H22N6O. The standard InChI is InChI=1S/C25H22N6O/c1-18(32)29-9-11-30(12-10-29)23-6-4-19(5-7-23)21-13-24(20-3-2-8-27-15-20)25-22(14-26)16-28-31(25)17-21/h2-8,13,15-17H,9-12H2,1H3. The fourth-order valence-electron chi connectivity index (χ4n) is 4.25. The second-order valence-corrected chi connectivity index (χ2v) is 7.89. The lowest BCUT2D eigenvalue weighted by molar-refractivity contribution is -0.129. The number of rotatable bonds is 3. The zero-order valence-electron chi connectivity index (χ0n) is 17.8. The van der Waals surface area contributed by atoms with Crippen LogP contribution in [0.3, 0.4) is 0 Å². The molecule has 1 aliphatic heterocycles. The second-order valence-electron chi connectivity index (χ2n) is 7.89. The molecule has 7 nitrogen and oxygen atoms in total. The topological polar surface area (TPSA) is 77.5 Å². The highest BCUT2D eigenvalue weighted by molar-refractivity contribution is 5.87. The van der Waals surface area contributed by atoms with Crippen LogP contribution in [0.5, 0.6) is 0 Å². The Morgan fingerprint density at radius 2 is 1.78 bits per heavy atom. The van der Waals surface area contributed by atoms with Crippen molar-refractivity contribution in [3.8, 4) is 28.3 Å². The van der Waals surface area contributed by atoms with Crippen LogP contribution in [0.15, 0.2) is 67.3 Å². The van der Waals surface area contributed by atoms with Crippen LogP contribution >= 0.6 is 0 Å². The first-order valence-electron chi connectivity index (χ1n) is 10.6. The van der Waals surface area contributed by atoms with Crippen LogP contribution in [-0.4, -0.2) is 51.6 Å². The summed E-state index contributed by atoms with van der Waals surface area (Å²) in [6, 6.07) is 16.7. The molecule has 3 aromatic heterocycles. The number of piperazine rings is 1. The molecule has 0 bridgehead atoms. The molecule has 32 heavy (non-hydrogen) atoms. The largest absolute Gasteiger partial charge is 0.368 e. The minimum absolute atomic E-state index is 0.137. The summed E-state index contributed by atoms with van der Waals surface area (Å²) in [5.41, 5.74) is 6.41. The number of amides is 1. The van der Waals surface area contributed by atoms with Gasteiger partial charge >= 0.3 is 0 Å². The molecule has 1 aromatic carbocycles. The van der Waals surface area contributed by atoms with Gasteiger partial charge in [0, 0.05) is 74.1 Å². The van der Waals surface area contributed by atoms with Crippen LogP contribution in [0.25, 0.3) is 27.8 Å². The SMILES string of the molecule is CC(=O)N1CCN(c2ccc(-c3cc(-c4cccnc4)c4c(C#N)cnn4c3)cc2)CC1. The summed E-state index contributed by atoms with van der Waals surface area (Å²) < 4.78 is 1.77. The highest BCUT2D eigenvalue weighted by atomic mass is 16.2. The van der Waals surface area contributed by atoms with Gasteiger partial charge in [-0.05, 0) is 29.8 Å². The predicted molar refractivity (Wildman–Crippen MR) is 123 cm³/mol. The van der Waals surface area contributed by atoms with Gasteiger partial charge in [0.05, 0.1) is 17.3 Å². The van der Waals surface area contributed by atoms with Crippen LogP contribution in [-0.2, 0) is 4.79 Å². The van der Waals surface area contributed by atoms with E-state index in [1.54, 1.807) is 30.0 Å². The summed E-state index contributed by atoms with van der Waals surface area (Å²) in [6.45, 7) is 4.80. The molecule has 0 atom stereocenters. The average Bonchev–Trinajstić information content (AvgIpc) is 3.27. The summed E-state index contributed by atoms with van der Waals surface area (Å²) in [7, 11) is 0. The van der Waals surface area contributed by atoms with Crippen molar-refractivity contribution in [2.45, 2.75) is 6.92 Å². The van der Waals surface area contributed by atoms with Gasteiger partial charge in [0.1, 0.15) is 6.07 Å². The van der Waals surface area contributed by atoms with Gasteiger partial charge in [-0.25, -0.2) is 4.52 Å². The lowest BCUT2D eigenvalue weighted by Gasteiger charge is -2.35. The predicted octanol–water partition coefficient (Wildman–Crippen LogP) is 3.60. The summed E-state index contributed by atoms with van der Waals surface area (Å²) in [5.74, 6) is 0.137. The van der Waals surface area contributed by atoms with Gasteiger partial charge in [-0.1, -0.05) is 18.2 Å². The molecule has 0 radical (unpaired) electrons. The first-order valence-corrected chi connectivity index (χ1v) is 10.6. The Kier molecular flexibility index (Phi) is 5.04. The Morgan fingerprint density at radius 3 is 2.44 bits per heavy atom. The molecule has 0 aliphatic carbocycles. The van der Waals surface area contributed by atoms with Gasteiger partial charge in [-0.2, -0.15) is 10.4 Å². The van der Waals surface area contributed by atoms with E-state index in [0.29, 0.717) is 5.56 Å². The molecule has 1 amide bonds.